The molecule has 0 unspecified atom stereocenters. The highest BCUT2D eigenvalue weighted by Gasteiger charge is 2.34. The molecule has 100 valence electrons. The number of H-pyrrole nitrogens is 1. The van der Waals surface area contributed by atoms with Crippen LogP contribution in [0.5, 0.6) is 0 Å². The fourth-order valence-electron chi connectivity index (χ4n) is 1.94. The van der Waals surface area contributed by atoms with Crippen LogP contribution in [0.1, 0.15) is 21.5 Å². The first-order valence-electron chi connectivity index (χ1n) is 5.38. The second-order valence-corrected chi connectivity index (χ2v) is 4.03. The molecule has 1 N–H and O–H groups in total. The van der Waals surface area contributed by atoms with Crippen molar-refractivity contribution in [1.29, 1.82) is 0 Å². The van der Waals surface area contributed by atoms with Crippen LogP contribution in [-0.2, 0) is 6.18 Å². The predicted octanol–water partition coefficient (Wildman–Crippen LogP) is 2.37. The molecular formula is C13H9F3NO2-. The van der Waals surface area contributed by atoms with Gasteiger partial charge in [0.1, 0.15) is 0 Å². The topological polar surface area (TPSA) is 55.9 Å². The number of nitrogens with one attached hydrogen (secondary N) is 1. The van der Waals surface area contributed by atoms with Crippen molar-refractivity contribution < 1.29 is 23.1 Å². The lowest BCUT2D eigenvalue weighted by Gasteiger charge is -2.12. The summed E-state index contributed by atoms with van der Waals surface area (Å²) < 4.78 is 38.7. The van der Waals surface area contributed by atoms with E-state index in [1.807, 2.05) is 0 Å². The minimum absolute atomic E-state index is 0.0833. The lowest BCUT2D eigenvalue weighted by atomic mass is 10.0. The fraction of sp³-hybridized carbons (Fsp3) is 0.154. The Hall–Kier alpha value is -2.24. The zero-order chi connectivity index (χ0) is 14.2. The maximum atomic E-state index is 12.9. The minimum Gasteiger partial charge on any atom is -0.545 e. The molecule has 0 amide bonds. The van der Waals surface area contributed by atoms with Crippen LogP contribution in [0.15, 0.2) is 30.5 Å². The number of carbonyl (C=O) groups is 1. The molecule has 1 aromatic heterocycles. The molecule has 0 aliphatic heterocycles. The van der Waals surface area contributed by atoms with Crippen LogP contribution < -0.4 is 5.11 Å². The average Bonchev–Trinajstić information content (AvgIpc) is 2.70. The molecule has 0 atom stereocenters. The van der Waals surface area contributed by atoms with Gasteiger partial charge >= 0.3 is 6.18 Å². The number of carboxylic acid groups (broad SMARTS) is 1. The summed E-state index contributed by atoms with van der Waals surface area (Å²) in [4.78, 5) is 13.4. The number of alkyl halides is 3. The predicted molar refractivity (Wildman–Crippen MR) is 60.3 cm³/mol. The summed E-state index contributed by atoms with van der Waals surface area (Å²) >= 11 is 0. The molecule has 0 saturated heterocycles. The Morgan fingerprint density at radius 1 is 1.26 bits per heavy atom. The molecule has 2 rings (SSSR count). The number of carboxylic acids is 1. The molecule has 19 heavy (non-hydrogen) atoms. The van der Waals surface area contributed by atoms with Crippen LogP contribution in [0.3, 0.4) is 0 Å². The summed E-state index contributed by atoms with van der Waals surface area (Å²) in [7, 11) is 0. The van der Waals surface area contributed by atoms with Crippen molar-refractivity contribution in [3.05, 3.63) is 47.2 Å². The third-order valence-electron chi connectivity index (χ3n) is 2.86. The summed E-state index contributed by atoms with van der Waals surface area (Å²) in [6.45, 7) is 1.43. The highest BCUT2D eigenvalue weighted by atomic mass is 19.4. The maximum Gasteiger partial charge on any atom is 0.417 e. The van der Waals surface area contributed by atoms with Crippen LogP contribution in [0.25, 0.3) is 11.3 Å². The van der Waals surface area contributed by atoms with Crippen molar-refractivity contribution >= 4 is 5.97 Å². The molecular weight excluding hydrogens is 259 g/mol. The summed E-state index contributed by atoms with van der Waals surface area (Å²) in [6.07, 6.45) is -3.37. The van der Waals surface area contributed by atoms with Crippen molar-refractivity contribution in [2.24, 2.45) is 0 Å². The Morgan fingerprint density at radius 2 is 1.89 bits per heavy atom. The Labute approximate surface area is 106 Å². The monoisotopic (exact) mass is 268 g/mol. The van der Waals surface area contributed by atoms with Gasteiger partial charge < -0.3 is 14.9 Å². The first kappa shape index (κ1) is 13.2. The molecule has 2 aromatic rings. The highest BCUT2D eigenvalue weighted by molar-refractivity contribution is 5.90. The van der Waals surface area contributed by atoms with E-state index in [2.05, 4.69) is 4.98 Å². The number of aromatic amines is 1. The zero-order valence-electron chi connectivity index (χ0n) is 9.84. The van der Waals surface area contributed by atoms with Crippen LogP contribution in [-0.4, -0.2) is 11.0 Å². The van der Waals surface area contributed by atoms with Crippen molar-refractivity contribution in [3.63, 3.8) is 0 Å². The number of benzene rings is 1. The van der Waals surface area contributed by atoms with E-state index in [4.69, 9.17) is 0 Å². The number of aromatic nitrogens is 1. The van der Waals surface area contributed by atoms with Crippen LogP contribution in [0.2, 0.25) is 0 Å². The van der Waals surface area contributed by atoms with E-state index in [0.29, 0.717) is 0 Å². The van der Waals surface area contributed by atoms with E-state index < -0.39 is 17.7 Å². The summed E-state index contributed by atoms with van der Waals surface area (Å²) in [5, 5.41) is 10.8. The van der Waals surface area contributed by atoms with Crippen molar-refractivity contribution in [1.82, 2.24) is 4.98 Å². The average molecular weight is 268 g/mol. The number of hydrogen-bond donors (Lipinski definition) is 1. The second-order valence-electron chi connectivity index (χ2n) is 4.03. The third-order valence-corrected chi connectivity index (χ3v) is 2.86. The van der Waals surface area contributed by atoms with Gasteiger partial charge in [0.2, 0.25) is 0 Å². The van der Waals surface area contributed by atoms with Crippen molar-refractivity contribution in [2.45, 2.75) is 13.1 Å². The van der Waals surface area contributed by atoms with Gasteiger partial charge in [-0.25, -0.2) is 0 Å². The van der Waals surface area contributed by atoms with Gasteiger partial charge in [-0.2, -0.15) is 13.2 Å². The lowest BCUT2D eigenvalue weighted by Crippen LogP contribution is -2.22. The Morgan fingerprint density at radius 3 is 2.42 bits per heavy atom. The van der Waals surface area contributed by atoms with Gasteiger partial charge in [-0.3, -0.25) is 0 Å². The molecule has 6 heteroatoms. The number of hydrogen-bond acceptors (Lipinski definition) is 2. The Kier molecular flexibility index (Phi) is 3.09. The molecule has 0 aliphatic carbocycles. The van der Waals surface area contributed by atoms with Gasteiger partial charge in [0.15, 0.2) is 0 Å². The van der Waals surface area contributed by atoms with Gasteiger partial charge in [-0.1, -0.05) is 18.2 Å². The van der Waals surface area contributed by atoms with Crippen LogP contribution in [0.4, 0.5) is 13.2 Å². The number of carbonyl (C=O) groups excluding carboxylic acids is 1. The molecule has 0 aliphatic rings. The van der Waals surface area contributed by atoms with E-state index >= 15 is 0 Å². The van der Waals surface area contributed by atoms with E-state index in [-0.39, 0.29) is 22.4 Å². The van der Waals surface area contributed by atoms with E-state index in [9.17, 15) is 23.1 Å². The van der Waals surface area contributed by atoms with Gasteiger partial charge in [-0.15, -0.1) is 0 Å². The zero-order valence-corrected chi connectivity index (χ0v) is 9.84. The summed E-state index contributed by atoms with van der Waals surface area (Å²) in [6, 6.07) is 4.99. The second kappa shape index (κ2) is 4.46. The Bertz CT molecular complexity index is 629. The maximum absolute atomic E-state index is 12.9. The number of aromatic carboxylic acids is 1. The van der Waals surface area contributed by atoms with Crippen molar-refractivity contribution in [3.8, 4) is 11.3 Å². The smallest absolute Gasteiger partial charge is 0.417 e. The first-order valence-corrected chi connectivity index (χ1v) is 5.38. The van der Waals surface area contributed by atoms with Crippen molar-refractivity contribution in [2.75, 3.05) is 0 Å². The number of rotatable bonds is 2. The normalized spacial score (nSPS) is 11.6. The summed E-state index contributed by atoms with van der Waals surface area (Å²) in [5.41, 5.74) is -0.694. The summed E-state index contributed by atoms with van der Waals surface area (Å²) in [5.74, 6) is -1.43. The lowest BCUT2D eigenvalue weighted by molar-refractivity contribution is -0.255. The minimum atomic E-state index is -4.50. The van der Waals surface area contributed by atoms with Gasteiger partial charge in [0, 0.05) is 23.0 Å². The molecule has 0 bridgehead atoms. The molecule has 1 aromatic carbocycles. The molecule has 1 heterocycles. The highest BCUT2D eigenvalue weighted by Crippen LogP contribution is 2.37. The molecule has 0 saturated carbocycles. The molecule has 0 radical (unpaired) electrons. The third kappa shape index (κ3) is 2.33. The fourth-order valence-corrected chi connectivity index (χ4v) is 1.94. The number of halogens is 3. The standard InChI is InChI=1S/C13H10F3NO2/c1-7-9(12(18)19)6-17-11(7)8-4-2-3-5-10(8)13(14,15)16/h2-6,17H,1H3,(H,18,19)/p-1. The molecule has 0 fully saturated rings. The van der Waals surface area contributed by atoms with Crippen LogP contribution in [0, 0.1) is 6.92 Å². The SMILES string of the molecule is Cc1c(C(=O)[O-])c[nH]c1-c1ccccc1C(F)(F)F. The quantitative estimate of drug-likeness (QED) is 0.909. The first-order chi connectivity index (χ1) is 8.82. The van der Waals surface area contributed by atoms with E-state index in [1.165, 1.54) is 25.1 Å². The van der Waals surface area contributed by atoms with Gasteiger partial charge in [0.05, 0.1) is 11.5 Å². The van der Waals surface area contributed by atoms with Crippen LogP contribution >= 0.6 is 0 Å². The Balaban J connectivity index is 2.64. The largest absolute Gasteiger partial charge is 0.545 e. The van der Waals surface area contributed by atoms with E-state index in [0.717, 1.165) is 12.3 Å². The molecule has 0 spiro atoms. The molecule has 3 nitrogen and oxygen atoms in total. The van der Waals surface area contributed by atoms with Gasteiger partial charge in [-0.05, 0) is 18.6 Å². The van der Waals surface area contributed by atoms with Gasteiger partial charge in [0.25, 0.3) is 0 Å². The van der Waals surface area contributed by atoms with E-state index in [1.54, 1.807) is 0 Å².